The molecule has 4 nitrogen and oxygen atoms in total. The number of carboxylic acids is 1. The fourth-order valence-electron chi connectivity index (χ4n) is 2.94. The smallest absolute Gasteiger partial charge is 0.336 e. The Morgan fingerprint density at radius 2 is 1.72 bits per heavy atom. The van der Waals surface area contributed by atoms with Crippen LogP contribution in [0.15, 0.2) is 65.1 Å². The monoisotopic (exact) mass is 392 g/mol. The quantitative estimate of drug-likeness (QED) is 0.541. The number of rotatable bonds is 2. The standard InChI is InChI=1S/C20H12BrNO3/c21-13-5-6-14-15(20(24)25)10-18(22-17(14)9-13)16-7-11-3-1-2-4-12(11)8-19(16)23/h1-10,23H,(H,24,25)/p-1. The van der Waals surface area contributed by atoms with Gasteiger partial charge in [0.15, 0.2) is 0 Å². The maximum Gasteiger partial charge on any atom is 0.336 e. The second kappa shape index (κ2) is 5.86. The summed E-state index contributed by atoms with van der Waals surface area (Å²) < 4.78 is 0.793. The third kappa shape index (κ3) is 2.72. The molecule has 0 saturated carbocycles. The van der Waals surface area contributed by atoms with Crippen LogP contribution in [-0.4, -0.2) is 16.1 Å². The molecule has 0 aliphatic heterocycles. The minimum Gasteiger partial charge on any atom is -0.872 e. The molecule has 0 unspecified atom stereocenters. The highest BCUT2D eigenvalue weighted by Crippen LogP contribution is 2.33. The van der Waals surface area contributed by atoms with Crippen LogP contribution in [0.5, 0.6) is 5.75 Å². The van der Waals surface area contributed by atoms with E-state index in [0.717, 1.165) is 15.2 Å². The molecular formula is C20H11BrNO3-. The summed E-state index contributed by atoms with van der Waals surface area (Å²) in [6.45, 7) is 0. The third-order valence-corrected chi connectivity index (χ3v) is 4.62. The van der Waals surface area contributed by atoms with Crippen LogP contribution < -0.4 is 5.11 Å². The van der Waals surface area contributed by atoms with Crippen LogP contribution in [0, 0.1) is 0 Å². The van der Waals surface area contributed by atoms with Gasteiger partial charge < -0.3 is 10.2 Å². The summed E-state index contributed by atoms with van der Waals surface area (Å²) in [4.78, 5) is 16.2. The molecule has 0 spiro atoms. The number of carbonyl (C=O) groups is 1. The normalized spacial score (nSPS) is 11.1. The highest BCUT2D eigenvalue weighted by atomic mass is 79.9. The lowest BCUT2D eigenvalue weighted by Crippen LogP contribution is -2.02. The van der Waals surface area contributed by atoms with Gasteiger partial charge in [-0.2, -0.15) is 0 Å². The second-order valence-electron chi connectivity index (χ2n) is 5.72. The molecule has 4 rings (SSSR count). The Balaban J connectivity index is 2.04. The maximum atomic E-state index is 12.5. The van der Waals surface area contributed by atoms with E-state index in [-0.39, 0.29) is 11.3 Å². The van der Waals surface area contributed by atoms with Gasteiger partial charge in [-0.3, -0.25) is 0 Å². The minimum absolute atomic E-state index is 0.125. The van der Waals surface area contributed by atoms with Crippen LogP contribution in [0.4, 0.5) is 0 Å². The maximum absolute atomic E-state index is 12.5. The summed E-state index contributed by atoms with van der Waals surface area (Å²) in [5.41, 5.74) is 1.40. The third-order valence-electron chi connectivity index (χ3n) is 4.13. The number of aromatic carboxylic acids is 1. The lowest BCUT2D eigenvalue weighted by molar-refractivity contribution is -0.267. The molecule has 0 fully saturated rings. The Hall–Kier alpha value is -2.92. The van der Waals surface area contributed by atoms with Gasteiger partial charge in [0.1, 0.15) is 0 Å². The van der Waals surface area contributed by atoms with E-state index < -0.39 is 5.97 Å². The van der Waals surface area contributed by atoms with E-state index in [2.05, 4.69) is 20.9 Å². The molecule has 0 atom stereocenters. The number of hydrogen-bond acceptors (Lipinski definition) is 3. The first-order valence-electron chi connectivity index (χ1n) is 7.57. The fourth-order valence-corrected chi connectivity index (χ4v) is 3.29. The van der Waals surface area contributed by atoms with Crippen molar-refractivity contribution in [3.05, 3.63) is 70.7 Å². The summed E-state index contributed by atoms with van der Waals surface area (Å²) in [5.74, 6) is -1.24. The van der Waals surface area contributed by atoms with Gasteiger partial charge in [0, 0.05) is 9.86 Å². The predicted octanol–water partition coefficient (Wildman–Crippen LogP) is 4.59. The average Bonchev–Trinajstić information content (AvgIpc) is 2.59. The number of benzene rings is 3. The van der Waals surface area contributed by atoms with Gasteiger partial charge in [0.05, 0.1) is 16.8 Å². The molecule has 1 heterocycles. The van der Waals surface area contributed by atoms with Crippen molar-refractivity contribution in [2.24, 2.45) is 0 Å². The Bertz CT molecular complexity index is 1150. The molecule has 0 aliphatic rings. The number of pyridine rings is 1. The first-order valence-corrected chi connectivity index (χ1v) is 8.36. The molecule has 0 bridgehead atoms. The first kappa shape index (κ1) is 15.6. The van der Waals surface area contributed by atoms with Crippen molar-refractivity contribution in [3.63, 3.8) is 0 Å². The summed E-state index contributed by atoms with van der Waals surface area (Å²) >= 11 is 3.37. The molecule has 0 aliphatic carbocycles. The molecule has 0 radical (unpaired) electrons. The summed E-state index contributed by atoms with van der Waals surface area (Å²) in [6, 6.07) is 17.5. The summed E-state index contributed by atoms with van der Waals surface area (Å²) in [5, 5.41) is 24.4. The highest BCUT2D eigenvalue weighted by Gasteiger charge is 2.14. The van der Waals surface area contributed by atoms with Crippen molar-refractivity contribution >= 4 is 43.6 Å². The van der Waals surface area contributed by atoms with Crippen LogP contribution >= 0.6 is 15.9 Å². The Morgan fingerprint density at radius 1 is 1.00 bits per heavy atom. The van der Waals surface area contributed by atoms with E-state index in [1.54, 1.807) is 30.3 Å². The van der Waals surface area contributed by atoms with E-state index in [1.165, 1.54) is 6.07 Å². The molecule has 1 aromatic heterocycles. The molecule has 0 saturated heterocycles. The lowest BCUT2D eigenvalue weighted by Gasteiger charge is -2.16. The van der Waals surface area contributed by atoms with Crippen molar-refractivity contribution in [1.82, 2.24) is 4.98 Å². The lowest BCUT2D eigenvalue weighted by atomic mass is 10.0. The summed E-state index contributed by atoms with van der Waals surface area (Å²) in [6.07, 6.45) is 0. The van der Waals surface area contributed by atoms with Crippen molar-refractivity contribution in [1.29, 1.82) is 0 Å². The SMILES string of the molecule is O=C(O)c1cc(-c2cc3ccccc3cc2[O-])nc2cc(Br)ccc12. The Morgan fingerprint density at radius 3 is 2.44 bits per heavy atom. The minimum atomic E-state index is -1.05. The van der Waals surface area contributed by atoms with E-state index in [4.69, 9.17) is 0 Å². The highest BCUT2D eigenvalue weighted by molar-refractivity contribution is 9.10. The predicted molar refractivity (Wildman–Crippen MR) is 98.8 cm³/mol. The largest absolute Gasteiger partial charge is 0.872 e. The number of aromatic nitrogens is 1. The van der Waals surface area contributed by atoms with Crippen LogP contribution in [0.25, 0.3) is 32.9 Å². The van der Waals surface area contributed by atoms with Crippen molar-refractivity contribution < 1.29 is 15.0 Å². The molecule has 3 aromatic carbocycles. The molecule has 5 heteroatoms. The number of fused-ring (bicyclic) bond motifs is 2. The average molecular weight is 393 g/mol. The molecule has 4 aromatic rings. The van der Waals surface area contributed by atoms with Gasteiger partial charge in [-0.1, -0.05) is 58.1 Å². The Labute approximate surface area is 151 Å². The van der Waals surface area contributed by atoms with Gasteiger partial charge in [0.2, 0.25) is 0 Å². The van der Waals surface area contributed by atoms with E-state index in [9.17, 15) is 15.0 Å². The van der Waals surface area contributed by atoms with E-state index >= 15 is 0 Å². The molecular weight excluding hydrogens is 382 g/mol. The van der Waals surface area contributed by atoms with Crippen LogP contribution in [0.3, 0.4) is 0 Å². The van der Waals surface area contributed by atoms with Gasteiger partial charge in [-0.05, 0) is 40.6 Å². The van der Waals surface area contributed by atoms with Crippen LogP contribution in [0.2, 0.25) is 0 Å². The van der Waals surface area contributed by atoms with Gasteiger partial charge >= 0.3 is 5.97 Å². The number of halogens is 1. The zero-order chi connectivity index (χ0) is 17.6. The molecule has 0 amide bonds. The van der Waals surface area contributed by atoms with Crippen molar-refractivity contribution in [2.75, 3.05) is 0 Å². The van der Waals surface area contributed by atoms with E-state index in [1.807, 2.05) is 24.3 Å². The number of hydrogen-bond donors (Lipinski definition) is 1. The second-order valence-corrected chi connectivity index (χ2v) is 6.63. The van der Waals surface area contributed by atoms with Gasteiger partial charge in [-0.15, -0.1) is 0 Å². The van der Waals surface area contributed by atoms with Gasteiger partial charge in [0.25, 0.3) is 0 Å². The zero-order valence-corrected chi connectivity index (χ0v) is 14.4. The van der Waals surface area contributed by atoms with Crippen LogP contribution in [-0.2, 0) is 0 Å². The number of nitrogens with zero attached hydrogens (tertiary/aromatic N) is 1. The van der Waals surface area contributed by atoms with Crippen molar-refractivity contribution in [2.45, 2.75) is 0 Å². The van der Waals surface area contributed by atoms with Crippen molar-refractivity contribution in [3.8, 4) is 17.0 Å². The molecule has 25 heavy (non-hydrogen) atoms. The first-order chi connectivity index (χ1) is 12.0. The van der Waals surface area contributed by atoms with Gasteiger partial charge in [-0.25, -0.2) is 9.78 Å². The van der Waals surface area contributed by atoms with Crippen LogP contribution in [0.1, 0.15) is 10.4 Å². The number of carboxylic acid groups (broad SMARTS) is 1. The molecule has 1 N–H and O–H groups in total. The topological polar surface area (TPSA) is 73.2 Å². The zero-order valence-electron chi connectivity index (χ0n) is 12.9. The summed E-state index contributed by atoms with van der Waals surface area (Å²) in [7, 11) is 0. The Kier molecular flexibility index (Phi) is 3.66. The fraction of sp³-hybridized carbons (Fsp3) is 0. The molecule has 122 valence electrons. The van der Waals surface area contributed by atoms with E-state index in [0.29, 0.717) is 22.2 Å².